The van der Waals surface area contributed by atoms with E-state index in [4.69, 9.17) is 0 Å². The smallest absolute Gasteiger partial charge is 0.0753 e. The molecule has 12 heavy (non-hydrogen) atoms. The summed E-state index contributed by atoms with van der Waals surface area (Å²) < 4.78 is 0. The summed E-state index contributed by atoms with van der Waals surface area (Å²) in [5.41, 5.74) is 1.31. The van der Waals surface area contributed by atoms with Crippen LogP contribution < -0.4 is 5.32 Å². The maximum absolute atomic E-state index is 9.63. The molecule has 3 heteroatoms. The van der Waals surface area contributed by atoms with Crippen LogP contribution in [0, 0.1) is 6.92 Å². The zero-order chi connectivity index (χ0) is 8.55. The van der Waals surface area contributed by atoms with Crippen molar-refractivity contribution in [3.8, 4) is 0 Å². The highest BCUT2D eigenvalue weighted by molar-refractivity contribution is 7.10. The fourth-order valence-corrected chi connectivity index (χ4v) is 2.78. The average molecular weight is 183 g/mol. The lowest BCUT2D eigenvalue weighted by Gasteiger charge is -2.11. The largest absolute Gasteiger partial charge is 0.391 e. The van der Waals surface area contributed by atoms with E-state index in [9.17, 15) is 5.11 Å². The van der Waals surface area contributed by atoms with Crippen LogP contribution in [0.5, 0.6) is 0 Å². The predicted molar refractivity (Wildman–Crippen MR) is 50.7 cm³/mol. The maximum atomic E-state index is 9.63. The number of hydrogen-bond donors (Lipinski definition) is 2. The minimum absolute atomic E-state index is 0.192. The molecule has 0 amide bonds. The van der Waals surface area contributed by atoms with Crippen LogP contribution in [0.4, 0.5) is 0 Å². The molecule has 0 bridgehead atoms. The summed E-state index contributed by atoms with van der Waals surface area (Å²) in [4.78, 5) is 1.34. The maximum Gasteiger partial charge on any atom is 0.0753 e. The van der Waals surface area contributed by atoms with E-state index in [0.717, 1.165) is 13.1 Å². The molecule has 0 aromatic carbocycles. The van der Waals surface area contributed by atoms with Crippen molar-refractivity contribution < 1.29 is 5.11 Å². The first-order valence-corrected chi connectivity index (χ1v) is 5.10. The SMILES string of the molecule is Cc1ccsc1C1CNCC1O. The van der Waals surface area contributed by atoms with Gasteiger partial charge in [-0.05, 0) is 23.9 Å². The summed E-state index contributed by atoms with van der Waals surface area (Å²) in [5, 5.41) is 14.9. The molecule has 1 aliphatic heterocycles. The van der Waals surface area contributed by atoms with E-state index in [1.807, 2.05) is 0 Å². The van der Waals surface area contributed by atoms with Crippen LogP contribution in [0.25, 0.3) is 0 Å². The Labute approximate surface area is 76.2 Å². The molecule has 2 atom stereocenters. The number of thiophene rings is 1. The van der Waals surface area contributed by atoms with Crippen molar-refractivity contribution >= 4 is 11.3 Å². The Hall–Kier alpha value is -0.380. The second-order valence-electron chi connectivity index (χ2n) is 3.30. The summed E-state index contributed by atoms with van der Waals surface area (Å²) in [6, 6.07) is 2.12. The van der Waals surface area contributed by atoms with Crippen molar-refractivity contribution in [2.75, 3.05) is 13.1 Å². The number of aliphatic hydroxyl groups excluding tert-OH is 1. The lowest BCUT2D eigenvalue weighted by atomic mass is 10.0. The van der Waals surface area contributed by atoms with Crippen LogP contribution in [-0.2, 0) is 0 Å². The molecule has 1 aliphatic rings. The molecule has 1 saturated heterocycles. The van der Waals surface area contributed by atoms with Crippen LogP contribution in [0.2, 0.25) is 0 Å². The van der Waals surface area contributed by atoms with Crippen molar-refractivity contribution in [1.82, 2.24) is 5.32 Å². The Bertz CT molecular complexity index is 271. The van der Waals surface area contributed by atoms with Crippen LogP contribution in [0.15, 0.2) is 11.4 Å². The average Bonchev–Trinajstić information content (AvgIpc) is 2.59. The number of β-amino-alcohol motifs (C(OH)–C–C–N with tert-alkyl or cyclic N) is 1. The molecule has 0 radical (unpaired) electrons. The third kappa shape index (κ3) is 1.28. The zero-order valence-corrected chi connectivity index (χ0v) is 7.90. The van der Waals surface area contributed by atoms with Gasteiger partial charge in [-0.1, -0.05) is 0 Å². The lowest BCUT2D eigenvalue weighted by molar-refractivity contribution is 0.178. The van der Waals surface area contributed by atoms with Gasteiger partial charge in [-0.2, -0.15) is 0 Å². The molecule has 0 saturated carbocycles. The molecular weight excluding hydrogens is 170 g/mol. The molecule has 2 rings (SSSR count). The summed E-state index contributed by atoms with van der Waals surface area (Å²) in [7, 11) is 0. The van der Waals surface area contributed by atoms with E-state index in [2.05, 4.69) is 23.7 Å². The van der Waals surface area contributed by atoms with Gasteiger partial charge in [0, 0.05) is 23.9 Å². The molecule has 2 N–H and O–H groups in total. The molecular formula is C9H13NOS. The summed E-state index contributed by atoms with van der Waals surface area (Å²) in [6.07, 6.45) is -0.192. The molecule has 66 valence electrons. The Morgan fingerprint density at radius 1 is 1.58 bits per heavy atom. The quantitative estimate of drug-likeness (QED) is 0.683. The number of nitrogens with one attached hydrogen (secondary N) is 1. The van der Waals surface area contributed by atoms with E-state index in [-0.39, 0.29) is 6.10 Å². The first-order chi connectivity index (χ1) is 5.79. The van der Waals surface area contributed by atoms with E-state index < -0.39 is 0 Å². The molecule has 0 spiro atoms. The third-order valence-corrected chi connectivity index (χ3v) is 3.57. The second-order valence-corrected chi connectivity index (χ2v) is 4.25. The fourth-order valence-electron chi connectivity index (χ4n) is 1.70. The summed E-state index contributed by atoms with van der Waals surface area (Å²) in [6.45, 7) is 3.77. The minimum atomic E-state index is -0.192. The Balaban J connectivity index is 2.24. The van der Waals surface area contributed by atoms with Crippen molar-refractivity contribution in [2.24, 2.45) is 0 Å². The highest BCUT2D eigenvalue weighted by Gasteiger charge is 2.28. The normalized spacial score (nSPS) is 29.5. The van der Waals surface area contributed by atoms with Gasteiger partial charge in [-0.3, -0.25) is 0 Å². The highest BCUT2D eigenvalue weighted by Crippen LogP contribution is 2.29. The standard InChI is InChI=1S/C9H13NOS/c1-6-2-3-12-9(6)7-4-10-5-8(7)11/h2-3,7-8,10-11H,4-5H2,1H3. The Kier molecular flexibility index (Phi) is 2.17. The molecule has 2 unspecified atom stereocenters. The van der Waals surface area contributed by atoms with Gasteiger partial charge in [-0.25, -0.2) is 0 Å². The van der Waals surface area contributed by atoms with Crippen LogP contribution in [-0.4, -0.2) is 24.3 Å². The summed E-state index contributed by atoms with van der Waals surface area (Å²) >= 11 is 1.75. The van der Waals surface area contributed by atoms with Crippen molar-refractivity contribution in [2.45, 2.75) is 18.9 Å². The monoisotopic (exact) mass is 183 g/mol. The van der Waals surface area contributed by atoms with E-state index in [1.54, 1.807) is 11.3 Å². The first-order valence-electron chi connectivity index (χ1n) is 4.22. The highest BCUT2D eigenvalue weighted by atomic mass is 32.1. The van der Waals surface area contributed by atoms with Crippen LogP contribution in [0.1, 0.15) is 16.4 Å². The van der Waals surface area contributed by atoms with Gasteiger partial charge in [0.25, 0.3) is 0 Å². The fraction of sp³-hybridized carbons (Fsp3) is 0.556. The van der Waals surface area contributed by atoms with Gasteiger partial charge in [-0.15, -0.1) is 11.3 Å². The van der Waals surface area contributed by atoms with Gasteiger partial charge in [0.05, 0.1) is 6.10 Å². The van der Waals surface area contributed by atoms with Gasteiger partial charge in [0.1, 0.15) is 0 Å². The summed E-state index contributed by atoms with van der Waals surface area (Å²) in [5.74, 6) is 0.324. The van der Waals surface area contributed by atoms with Crippen molar-refractivity contribution in [3.63, 3.8) is 0 Å². The minimum Gasteiger partial charge on any atom is -0.391 e. The number of aryl methyl sites for hydroxylation is 1. The van der Waals surface area contributed by atoms with Gasteiger partial charge >= 0.3 is 0 Å². The Morgan fingerprint density at radius 2 is 2.42 bits per heavy atom. The van der Waals surface area contributed by atoms with Crippen molar-refractivity contribution in [3.05, 3.63) is 21.9 Å². The van der Waals surface area contributed by atoms with E-state index in [0.29, 0.717) is 5.92 Å². The Morgan fingerprint density at radius 3 is 2.92 bits per heavy atom. The molecule has 1 aromatic heterocycles. The molecule has 1 aromatic rings. The van der Waals surface area contributed by atoms with E-state index >= 15 is 0 Å². The molecule has 2 heterocycles. The zero-order valence-electron chi connectivity index (χ0n) is 7.08. The lowest BCUT2D eigenvalue weighted by Crippen LogP contribution is -2.15. The molecule has 2 nitrogen and oxygen atoms in total. The second kappa shape index (κ2) is 3.17. The first kappa shape index (κ1) is 8.23. The molecule has 1 fully saturated rings. The molecule has 0 aliphatic carbocycles. The number of rotatable bonds is 1. The third-order valence-electron chi connectivity index (χ3n) is 2.42. The van der Waals surface area contributed by atoms with Gasteiger partial charge in [0.2, 0.25) is 0 Å². The van der Waals surface area contributed by atoms with Crippen molar-refractivity contribution in [1.29, 1.82) is 0 Å². The number of hydrogen-bond acceptors (Lipinski definition) is 3. The predicted octanol–water partition coefficient (Wildman–Crippen LogP) is 1.10. The van der Waals surface area contributed by atoms with Gasteiger partial charge in [0.15, 0.2) is 0 Å². The van der Waals surface area contributed by atoms with Gasteiger partial charge < -0.3 is 10.4 Å². The van der Waals surface area contributed by atoms with E-state index in [1.165, 1.54) is 10.4 Å². The van der Waals surface area contributed by atoms with Crippen LogP contribution >= 0.6 is 11.3 Å². The topological polar surface area (TPSA) is 32.3 Å². The number of aliphatic hydroxyl groups is 1. The van der Waals surface area contributed by atoms with Crippen LogP contribution in [0.3, 0.4) is 0 Å².